The number of anilines is 1. The number of hydrogen-bond acceptors (Lipinski definition) is 4. The summed E-state index contributed by atoms with van der Waals surface area (Å²) in [6.07, 6.45) is 12.6. The van der Waals surface area contributed by atoms with Gasteiger partial charge in [0.2, 0.25) is 5.91 Å². The number of carbonyl (C=O) groups is 1. The molecule has 0 unspecified atom stereocenters. The third kappa shape index (κ3) is 3.13. The molecular weight excluding hydrogens is 300 g/mol. The van der Waals surface area contributed by atoms with Crippen LogP contribution in [0.15, 0.2) is 18.6 Å². The predicted molar refractivity (Wildman–Crippen MR) is 93.5 cm³/mol. The van der Waals surface area contributed by atoms with Crippen LogP contribution in [0.5, 0.6) is 0 Å². The molecule has 4 atom stereocenters. The molecule has 0 aromatic carbocycles. The average molecular weight is 328 g/mol. The number of nitrogens with one attached hydrogen (secondary N) is 1. The minimum absolute atomic E-state index is 0.152. The van der Waals surface area contributed by atoms with Crippen molar-refractivity contribution in [3.63, 3.8) is 0 Å². The van der Waals surface area contributed by atoms with Gasteiger partial charge in [0.15, 0.2) is 0 Å². The molecule has 130 valence electrons. The summed E-state index contributed by atoms with van der Waals surface area (Å²) in [4.78, 5) is 23.4. The number of aromatic nitrogens is 2. The summed E-state index contributed by atoms with van der Waals surface area (Å²) in [6, 6.07) is 0.339. The lowest BCUT2D eigenvalue weighted by Gasteiger charge is -2.34. The topological polar surface area (TPSA) is 58.1 Å². The fourth-order valence-electron chi connectivity index (χ4n) is 5.18. The lowest BCUT2D eigenvalue weighted by atomic mass is 9.83. The molecule has 2 aliphatic carbocycles. The first kappa shape index (κ1) is 15.9. The number of nitrogens with zero attached hydrogens (tertiary/aromatic N) is 3. The number of carbonyl (C=O) groups excluding carboxylic acids is 1. The smallest absolute Gasteiger partial charge is 0.223 e. The Morgan fingerprint density at radius 3 is 2.67 bits per heavy atom. The van der Waals surface area contributed by atoms with Crippen LogP contribution in [0.3, 0.4) is 0 Å². The molecule has 5 heteroatoms. The van der Waals surface area contributed by atoms with E-state index in [1.54, 1.807) is 18.6 Å². The highest BCUT2D eigenvalue weighted by Crippen LogP contribution is 2.49. The first-order valence-corrected chi connectivity index (χ1v) is 9.52. The minimum Gasteiger partial charge on any atom is -0.355 e. The minimum atomic E-state index is 0.152. The Bertz CT molecular complexity index is 570. The van der Waals surface area contributed by atoms with Gasteiger partial charge in [0, 0.05) is 37.4 Å². The van der Waals surface area contributed by atoms with Crippen molar-refractivity contribution in [1.82, 2.24) is 15.3 Å². The molecule has 1 aliphatic heterocycles. The Labute approximate surface area is 144 Å². The van der Waals surface area contributed by atoms with Crippen LogP contribution in [0.2, 0.25) is 0 Å². The lowest BCUT2D eigenvalue weighted by Crippen LogP contribution is -2.46. The van der Waals surface area contributed by atoms with Crippen LogP contribution in [0.25, 0.3) is 0 Å². The Kier molecular flexibility index (Phi) is 4.42. The van der Waals surface area contributed by atoms with Crippen LogP contribution < -0.4 is 10.2 Å². The summed E-state index contributed by atoms with van der Waals surface area (Å²) in [5, 5.41) is 3.35. The number of hydrogen-bond donors (Lipinski definition) is 1. The second kappa shape index (κ2) is 6.69. The fraction of sp³-hybridized carbons (Fsp3) is 0.737. The Balaban J connectivity index is 1.27. The van der Waals surface area contributed by atoms with Gasteiger partial charge in [0.1, 0.15) is 5.82 Å². The van der Waals surface area contributed by atoms with E-state index in [0.29, 0.717) is 12.0 Å². The lowest BCUT2D eigenvalue weighted by molar-refractivity contribution is -0.126. The van der Waals surface area contributed by atoms with Gasteiger partial charge in [-0.05, 0) is 56.8 Å². The molecule has 1 N–H and O–H groups in total. The number of amides is 1. The van der Waals surface area contributed by atoms with Gasteiger partial charge in [-0.2, -0.15) is 0 Å². The second-order valence-corrected chi connectivity index (χ2v) is 7.96. The first-order valence-electron chi connectivity index (χ1n) is 9.52. The van der Waals surface area contributed by atoms with Crippen molar-refractivity contribution in [2.24, 2.45) is 23.7 Å². The highest BCUT2D eigenvalue weighted by atomic mass is 16.1. The molecule has 0 spiro atoms. The van der Waals surface area contributed by atoms with Gasteiger partial charge in [-0.25, -0.2) is 4.98 Å². The van der Waals surface area contributed by atoms with Crippen molar-refractivity contribution in [3.05, 3.63) is 18.6 Å². The van der Waals surface area contributed by atoms with Gasteiger partial charge < -0.3 is 10.2 Å². The second-order valence-electron chi connectivity index (χ2n) is 7.96. The third-order valence-corrected chi connectivity index (χ3v) is 6.54. The summed E-state index contributed by atoms with van der Waals surface area (Å²) in [5.41, 5.74) is 0. The van der Waals surface area contributed by atoms with E-state index < -0.39 is 0 Å². The van der Waals surface area contributed by atoms with Gasteiger partial charge in [-0.15, -0.1) is 0 Å². The molecule has 3 aliphatic rings. The standard InChI is InChI=1S/C19H28N4O/c1-13(17-11-14-2-3-16(17)10-14)22-19(24)15-4-8-23(9-5-15)18-12-20-6-7-21-18/h6-7,12-17H,2-5,8-11H2,1H3,(H,22,24)/t13-,14-,16-,17+/m0/s1. The molecule has 1 aromatic rings. The SMILES string of the molecule is C[C@H](NC(=O)C1CCN(c2cnccn2)CC1)[C@H]1C[C@H]2CC[C@H]1C2. The van der Waals surface area contributed by atoms with Crippen LogP contribution >= 0.6 is 0 Å². The molecule has 2 bridgehead atoms. The van der Waals surface area contributed by atoms with Crippen LogP contribution in [0.4, 0.5) is 5.82 Å². The van der Waals surface area contributed by atoms with Gasteiger partial charge in [0.25, 0.3) is 0 Å². The molecule has 0 radical (unpaired) electrons. The van der Waals surface area contributed by atoms with Crippen molar-refractivity contribution in [2.75, 3.05) is 18.0 Å². The van der Waals surface area contributed by atoms with Crippen molar-refractivity contribution in [1.29, 1.82) is 0 Å². The summed E-state index contributed by atoms with van der Waals surface area (Å²) in [5.74, 6) is 3.86. The molecule has 3 fully saturated rings. The summed E-state index contributed by atoms with van der Waals surface area (Å²) in [7, 11) is 0. The molecule has 4 rings (SSSR count). The predicted octanol–water partition coefficient (Wildman–Crippen LogP) is 2.63. The van der Waals surface area contributed by atoms with Crippen LogP contribution in [-0.2, 0) is 4.79 Å². The van der Waals surface area contributed by atoms with Crippen molar-refractivity contribution < 1.29 is 4.79 Å². The van der Waals surface area contributed by atoms with E-state index in [1.165, 1.54) is 25.7 Å². The molecule has 1 amide bonds. The zero-order valence-electron chi connectivity index (χ0n) is 14.5. The molecule has 2 heterocycles. The maximum atomic E-state index is 12.7. The molecule has 5 nitrogen and oxygen atoms in total. The number of fused-ring (bicyclic) bond motifs is 2. The van der Waals surface area contributed by atoms with E-state index in [9.17, 15) is 4.79 Å². The highest BCUT2D eigenvalue weighted by molar-refractivity contribution is 5.79. The van der Waals surface area contributed by atoms with E-state index >= 15 is 0 Å². The molecule has 24 heavy (non-hydrogen) atoms. The van der Waals surface area contributed by atoms with E-state index in [0.717, 1.165) is 43.6 Å². The molecular formula is C19H28N4O. The van der Waals surface area contributed by atoms with E-state index in [-0.39, 0.29) is 11.8 Å². The van der Waals surface area contributed by atoms with E-state index in [4.69, 9.17) is 0 Å². The van der Waals surface area contributed by atoms with E-state index in [1.807, 2.05) is 0 Å². The first-order chi connectivity index (χ1) is 11.7. The maximum Gasteiger partial charge on any atom is 0.223 e. The number of rotatable bonds is 4. The normalized spacial score (nSPS) is 31.2. The molecule has 1 aromatic heterocycles. The highest BCUT2D eigenvalue weighted by Gasteiger charge is 2.42. The van der Waals surface area contributed by atoms with Gasteiger partial charge in [0.05, 0.1) is 6.20 Å². The Morgan fingerprint density at radius 2 is 2.04 bits per heavy atom. The molecule has 2 saturated carbocycles. The number of piperidine rings is 1. The van der Waals surface area contributed by atoms with Crippen molar-refractivity contribution >= 4 is 11.7 Å². The van der Waals surface area contributed by atoms with Gasteiger partial charge in [-0.1, -0.05) is 6.42 Å². The van der Waals surface area contributed by atoms with Crippen LogP contribution in [-0.4, -0.2) is 35.0 Å². The van der Waals surface area contributed by atoms with Gasteiger partial charge >= 0.3 is 0 Å². The maximum absolute atomic E-state index is 12.7. The quantitative estimate of drug-likeness (QED) is 0.923. The monoisotopic (exact) mass is 328 g/mol. The summed E-state index contributed by atoms with van der Waals surface area (Å²) >= 11 is 0. The van der Waals surface area contributed by atoms with Crippen LogP contribution in [0.1, 0.15) is 45.4 Å². The fourth-order valence-corrected chi connectivity index (χ4v) is 5.18. The zero-order chi connectivity index (χ0) is 16.5. The van der Waals surface area contributed by atoms with Crippen molar-refractivity contribution in [3.8, 4) is 0 Å². The van der Waals surface area contributed by atoms with Crippen molar-refractivity contribution in [2.45, 2.75) is 51.5 Å². The zero-order valence-corrected chi connectivity index (χ0v) is 14.5. The third-order valence-electron chi connectivity index (χ3n) is 6.54. The average Bonchev–Trinajstić information content (AvgIpc) is 3.26. The Hall–Kier alpha value is -1.65. The summed E-state index contributed by atoms with van der Waals surface area (Å²) < 4.78 is 0. The summed E-state index contributed by atoms with van der Waals surface area (Å²) in [6.45, 7) is 4.00. The largest absolute Gasteiger partial charge is 0.355 e. The molecule has 1 saturated heterocycles. The Morgan fingerprint density at radius 1 is 1.21 bits per heavy atom. The van der Waals surface area contributed by atoms with Crippen LogP contribution in [0, 0.1) is 23.7 Å². The van der Waals surface area contributed by atoms with E-state index in [2.05, 4.69) is 27.1 Å². The van der Waals surface area contributed by atoms with Gasteiger partial charge in [-0.3, -0.25) is 9.78 Å².